The normalized spacial score (nSPS) is 14.3. The van der Waals surface area contributed by atoms with Crippen molar-refractivity contribution in [2.45, 2.75) is 58.6 Å². The molecule has 0 heterocycles. The van der Waals surface area contributed by atoms with Crippen LogP contribution in [0, 0.1) is 0 Å². The molecule has 0 saturated carbocycles. The third kappa shape index (κ3) is 6.68. The van der Waals surface area contributed by atoms with E-state index < -0.39 is 16.6 Å². The van der Waals surface area contributed by atoms with E-state index in [1.807, 2.05) is 12.6 Å². The van der Waals surface area contributed by atoms with Crippen molar-refractivity contribution in [2.75, 3.05) is 6.61 Å². The summed E-state index contributed by atoms with van der Waals surface area (Å²) in [4.78, 5) is 0. The molecule has 1 unspecified atom stereocenters. The maximum Gasteiger partial charge on any atom is 0.202 e. The SMILES string of the molecule is C=C[Si](C)(C)O[Si](C)(C)C(CCC)OCC(=C)C. The molecule has 0 rings (SSSR count). The monoisotopic (exact) mass is 286 g/mol. The lowest BCUT2D eigenvalue weighted by Gasteiger charge is -2.37. The van der Waals surface area contributed by atoms with Crippen LogP contribution in [0.1, 0.15) is 26.7 Å². The quantitative estimate of drug-likeness (QED) is 0.461. The largest absolute Gasteiger partial charge is 0.451 e. The van der Waals surface area contributed by atoms with E-state index in [1.54, 1.807) is 0 Å². The van der Waals surface area contributed by atoms with Crippen molar-refractivity contribution in [3.8, 4) is 0 Å². The van der Waals surface area contributed by atoms with Crippen LogP contribution in [0.4, 0.5) is 0 Å². The second-order valence-electron chi connectivity index (χ2n) is 6.06. The fourth-order valence-corrected chi connectivity index (χ4v) is 9.67. The molecular formula is C14H30O2Si2. The number of hydrogen-bond acceptors (Lipinski definition) is 2. The smallest absolute Gasteiger partial charge is 0.202 e. The Kier molecular flexibility index (Phi) is 7.36. The van der Waals surface area contributed by atoms with Gasteiger partial charge in [0.25, 0.3) is 0 Å². The van der Waals surface area contributed by atoms with Crippen LogP contribution >= 0.6 is 0 Å². The van der Waals surface area contributed by atoms with Crippen LogP contribution in [0.25, 0.3) is 0 Å². The molecule has 0 bridgehead atoms. The number of rotatable bonds is 9. The lowest BCUT2D eigenvalue weighted by molar-refractivity contribution is 0.102. The molecule has 0 aromatic rings. The van der Waals surface area contributed by atoms with Gasteiger partial charge in [0.15, 0.2) is 8.32 Å². The van der Waals surface area contributed by atoms with E-state index in [-0.39, 0.29) is 5.73 Å². The highest BCUT2D eigenvalue weighted by Gasteiger charge is 2.38. The van der Waals surface area contributed by atoms with Crippen LogP contribution in [0.15, 0.2) is 24.4 Å². The Morgan fingerprint density at radius 1 is 1.28 bits per heavy atom. The zero-order chi connectivity index (χ0) is 14.4. The topological polar surface area (TPSA) is 18.5 Å². The van der Waals surface area contributed by atoms with Crippen molar-refractivity contribution in [1.29, 1.82) is 0 Å². The van der Waals surface area contributed by atoms with Gasteiger partial charge in [-0.1, -0.05) is 31.2 Å². The van der Waals surface area contributed by atoms with Gasteiger partial charge in [0.1, 0.15) is 0 Å². The Morgan fingerprint density at radius 3 is 2.22 bits per heavy atom. The van der Waals surface area contributed by atoms with Gasteiger partial charge in [0.2, 0.25) is 8.32 Å². The van der Waals surface area contributed by atoms with Crippen LogP contribution < -0.4 is 0 Å². The van der Waals surface area contributed by atoms with Gasteiger partial charge in [-0.2, -0.15) is 0 Å². The minimum absolute atomic E-state index is 0.242. The summed E-state index contributed by atoms with van der Waals surface area (Å²) in [7, 11) is -3.59. The molecule has 0 spiro atoms. The summed E-state index contributed by atoms with van der Waals surface area (Å²) in [6.07, 6.45) is 2.19. The first kappa shape index (κ1) is 17.8. The average molecular weight is 287 g/mol. The Morgan fingerprint density at radius 2 is 1.83 bits per heavy atom. The van der Waals surface area contributed by atoms with Gasteiger partial charge in [0.05, 0.1) is 12.3 Å². The van der Waals surface area contributed by atoms with Crippen LogP contribution in [0.2, 0.25) is 26.2 Å². The zero-order valence-electron chi connectivity index (χ0n) is 13.0. The van der Waals surface area contributed by atoms with E-state index in [4.69, 9.17) is 8.85 Å². The molecule has 0 N–H and O–H groups in total. The van der Waals surface area contributed by atoms with Gasteiger partial charge in [-0.25, -0.2) is 0 Å². The second-order valence-corrected chi connectivity index (χ2v) is 14.3. The van der Waals surface area contributed by atoms with E-state index in [0.717, 1.165) is 18.4 Å². The number of ether oxygens (including phenoxy) is 1. The second kappa shape index (κ2) is 7.43. The van der Waals surface area contributed by atoms with Crippen molar-refractivity contribution < 1.29 is 8.85 Å². The third-order valence-electron chi connectivity index (χ3n) is 2.87. The average Bonchev–Trinajstić information content (AvgIpc) is 2.22. The predicted molar refractivity (Wildman–Crippen MR) is 85.7 cm³/mol. The summed E-state index contributed by atoms with van der Waals surface area (Å²) in [5, 5.41) is 0. The molecule has 0 aliphatic heterocycles. The summed E-state index contributed by atoms with van der Waals surface area (Å²) in [5.74, 6) is 0. The van der Waals surface area contributed by atoms with Gasteiger partial charge in [-0.15, -0.1) is 6.58 Å². The molecule has 0 aromatic heterocycles. The highest BCUT2D eigenvalue weighted by molar-refractivity contribution is 6.87. The molecule has 0 aliphatic rings. The maximum atomic E-state index is 6.43. The Bertz CT molecular complexity index is 286. The van der Waals surface area contributed by atoms with Gasteiger partial charge < -0.3 is 8.85 Å². The molecule has 0 saturated heterocycles. The van der Waals surface area contributed by atoms with E-state index in [9.17, 15) is 0 Å². The molecule has 18 heavy (non-hydrogen) atoms. The summed E-state index contributed by atoms with van der Waals surface area (Å²) < 4.78 is 12.5. The van der Waals surface area contributed by atoms with E-state index in [0.29, 0.717) is 6.61 Å². The first-order valence-electron chi connectivity index (χ1n) is 6.74. The summed E-state index contributed by atoms with van der Waals surface area (Å²) in [6, 6.07) is 0. The highest BCUT2D eigenvalue weighted by atomic mass is 28.4. The first-order valence-corrected chi connectivity index (χ1v) is 12.7. The maximum absolute atomic E-state index is 6.43. The molecule has 1 atom stereocenters. The molecule has 2 nitrogen and oxygen atoms in total. The minimum Gasteiger partial charge on any atom is -0.451 e. The van der Waals surface area contributed by atoms with Gasteiger partial charge in [0, 0.05) is 0 Å². The van der Waals surface area contributed by atoms with Gasteiger partial charge >= 0.3 is 0 Å². The van der Waals surface area contributed by atoms with E-state index >= 15 is 0 Å². The fourth-order valence-electron chi connectivity index (χ4n) is 1.92. The van der Waals surface area contributed by atoms with E-state index in [1.165, 1.54) is 0 Å². The van der Waals surface area contributed by atoms with Gasteiger partial charge in [-0.3, -0.25) is 0 Å². The lowest BCUT2D eigenvalue weighted by atomic mass is 10.3. The van der Waals surface area contributed by atoms with E-state index in [2.05, 4.69) is 46.3 Å². The molecule has 0 aromatic carbocycles. The summed E-state index contributed by atoms with van der Waals surface area (Å²) >= 11 is 0. The molecule has 0 fully saturated rings. The molecule has 0 aliphatic carbocycles. The minimum atomic E-state index is -1.85. The van der Waals surface area contributed by atoms with Crippen molar-refractivity contribution in [1.82, 2.24) is 0 Å². The highest BCUT2D eigenvalue weighted by Crippen LogP contribution is 2.23. The van der Waals surface area contributed by atoms with Crippen molar-refractivity contribution in [3.63, 3.8) is 0 Å². The molecular weight excluding hydrogens is 256 g/mol. The summed E-state index contributed by atoms with van der Waals surface area (Å²) in [5.41, 5.74) is 3.32. The fraction of sp³-hybridized carbons (Fsp3) is 0.714. The molecule has 0 radical (unpaired) electrons. The van der Waals surface area contributed by atoms with Crippen LogP contribution in [0.5, 0.6) is 0 Å². The Balaban J connectivity index is 4.73. The van der Waals surface area contributed by atoms with Crippen LogP contribution in [-0.4, -0.2) is 29.0 Å². The third-order valence-corrected chi connectivity index (χ3v) is 10.1. The Hall–Kier alpha value is -0.166. The van der Waals surface area contributed by atoms with Crippen molar-refractivity contribution >= 4 is 16.6 Å². The van der Waals surface area contributed by atoms with Crippen LogP contribution in [0.3, 0.4) is 0 Å². The van der Waals surface area contributed by atoms with Crippen molar-refractivity contribution in [2.24, 2.45) is 0 Å². The predicted octanol–water partition coefficient (Wildman–Crippen LogP) is 4.44. The summed E-state index contributed by atoms with van der Waals surface area (Å²) in [6.45, 7) is 21.5. The zero-order valence-corrected chi connectivity index (χ0v) is 15.0. The standard InChI is InChI=1S/C14H30O2Si2/c1-9-11-14(15-12-13(3)4)18(7,8)16-17(5,6)10-2/h10,14H,2-3,9,11-12H2,1,4-8H3. The van der Waals surface area contributed by atoms with Crippen LogP contribution in [-0.2, 0) is 8.85 Å². The lowest BCUT2D eigenvalue weighted by Crippen LogP contribution is -2.53. The first-order chi connectivity index (χ1) is 8.14. The Labute approximate surface area is 115 Å². The van der Waals surface area contributed by atoms with Crippen molar-refractivity contribution in [3.05, 3.63) is 24.4 Å². The van der Waals surface area contributed by atoms with Gasteiger partial charge in [-0.05, 0) is 39.5 Å². The molecule has 4 heteroatoms. The number of hydrogen-bond donors (Lipinski definition) is 0. The molecule has 106 valence electrons. The molecule has 0 amide bonds.